The molecule has 0 saturated carbocycles. The molecule has 2 aromatic heterocycles. The molecule has 0 aliphatic rings. The number of methoxy groups -OCH3 is 1. The van der Waals surface area contributed by atoms with Crippen molar-refractivity contribution in [3.8, 4) is 0 Å². The third-order valence-electron chi connectivity index (χ3n) is 2.55. The van der Waals surface area contributed by atoms with Crippen LogP contribution >= 0.6 is 11.3 Å². The van der Waals surface area contributed by atoms with Crippen LogP contribution in [0, 0.1) is 6.92 Å². The fourth-order valence-corrected chi connectivity index (χ4v) is 2.34. The van der Waals surface area contributed by atoms with Crippen LogP contribution in [0.25, 0.3) is 0 Å². The normalized spacial score (nSPS) is 10.6. The summed E-state index contributed by atoms with van der Waals surface area (Å²) in [6.45, 7) is 3.09. The number of aromatic nitrogens is 3. The molecule has 2 heterocycles. The van der Waals surface area contributed by atoms with Crippen molar-refractivity contribution in [1.29, 1.82) is 0 Å². The van der Waals surface area contributed by atoms with Gasteiger partial charge in [-0.2, -0.15) is 0 Å². The number of nitrogen functional groups attached to an aromatic ring is 1. The highest BCUT2D eigenvalue weighted by Crippen LogP contribution is 2.12. The minimum atomic E-state index is 0.343. The van der Waals surface area contributed by atoms with Crippen molar-refractivity contribution >= 4 is 23.0 Å². The summed E-state index contributed by atoms with van der Waals surface area (Å²) in [7, 11) is 1.60. The average molecular weight is 294 g/mol. The molecule has 20 heavy (non-hydrogen) atoms. The molecule has 108 valence electrons. The summed E-state index contributed by atoms with van der Waals surface area (Å²) in [5.41, 5.74) is 3.61. The van der Waals surface area contributed by atoms with Gasteiger partial charge in [-0.1, -0.05) is 0 Å². The molecule has 0 unspecified atom stereocenters. The summed E-state index contributed by atoms with van der Waals surface area (Å²) in [5, 5.41) is 6.39. The van der Waals surface area contributed by atoms with Gasteiger partial charge >= 0.3 is 0 Å². The number of nitrogens with two attached hydrogens (primary N) is 1. The molecule has 0 radical (unpaired) electrons. The van der Waals surface area contributed by atoms with Gasteiger partial charge in [0, 0.05) is 31.5 Å². The van der Waals surface area contributed by atoms with Gasteiger partial charge in [-0.15, -0.1) is 11.3 Å². The Morgan fingerprint density at radius 3 is 2.75 bits per heavy atom. The zero-order chi connectivity index (χ0) is 14.4. The van der Waals surface area contributed by atoms with Crippen LogP contribution in [-0.4, -0.2) is 28.6 Å². The number of hydrazine groups is 1. The minimum absolute atomic E-state index is 0.343. The van der Waals surface area contributed by atoms with E-state index in [0.717, 1.165) is 23.7 Å². The lowest BCUT2D eigenvalue weighted by Gasteiger charge is -2.08. The molecule has 7 nitrogen and oxygen atoms in total. The predicted octanol–water partition coefficient (Wildman–Crippen LogP) is 1.33. The Morgan fingerprint density at radius 1 is 1.30 bits per heavy atom. The smallest absolute Gasteiger partial charge is 0.158 e. The van der Waals surface area contributed by atoms with Gasteiger partial charge in [0.05, 0.1) is 10.7 Å². The van der Waals surface area contributed by atoms with Crippen LogP contribution in [0.15, 0.2) is 11.4 Å². The monoisotopic (exact) mass is 294 g/mol. The molecule has 2 rings (SSSR count). The first kappa shape index (κ1) is 14.6. The first-order valence-corrected chi connectivity index (χ1v) is 7.07. The molecule has 0 bridgehead atoms. The maximum atomic E-state index is 5.39. The Labute approximate surface area is 121 Å². The predicted molar refractivity (Wildman–Crippen MR) is 79.6 cm³/mol. The van der Waals surface area contributed by atoms with Crippen molar-refractivity contribution < 1.29 is 4.74 Å². The Morgan fingerprint density at radius 2 is 2.10 bits per heavy atom. The van der Waals surface area contributed by atoms with Crippen molar-refractivity contribution in [1.82, 2.24) is 15.0 Å². The van der Waals surface area contributed by atoms with Crippen LogP contribution in [0.2, 0.25) is 0 Å². The number of thiazole rings is 1. The lowest BCUT2D eigenvalue weighted by Crippen LogP contribution is -2.13. The SMILES string of the molecule is COCc1nc(NN)cc(NCCc2csc(C)n2)n1. The molecule has 0 aliphatic heterocycles. The van der Waals surface area contributed by atoms with Crippen molar-refractivity contribution in [2.24, 2.45) is 5.84 Å². The average Bonchev–Trinajstić information content (AvgIpc) is 2.84. The quantitative estimate of drug-likeness (QED) is 0.523. The zero-order valence-electron chi connectivity index (χ0n) is 11.5. The molecule has 0 spiro atoms. The van der Waals surface area contributed by atoms with E-state index in [1.54, 1.807) is 24.5 Å². The number of nitrogens with one attached hydrogen (secondary N) is 2. The standard InChI is InChI=1S/C12H18N6OS/c1-8-15-9(7-20-8)3-4-14-10-5-11(18-13)17-12(16-10)6-19-2/h5,7H,3-4,6,13H2,1-2H3,(H2,14,16,17,18). The van der Waals surface area contributed by atoms with E-state index in [-0.39, 0.29) is 0 Å². The molecular weight excluding hydrogens is 276 g/mol. The largest absolute Gasteiger partial charge is 0.377 e. The van der Waals surface area contributed by atoms with E-state index in [2.05, 4.69) is 31.1 Å². The lowest BCUT2D eigenvalue weighted by atomic mass is 10.3. The molecule has 0 atom stereocenters. The fraction of sp³-hybridized carbons (Fsp3) is 0.417. The number of hydrogen-bond acceptors (Lipinski definition) is 8. The van der Waals surface area contributed by atoms with Gasteiger partial charge in [-0.3, -0.25) is 0 Å². The number of nitrogens with zero attached hydrogens (tertiary/aromatic N) is 3. The van der Waals surface area contributed by atoms with Gasteiger partial charge in [-0.25, -0.2) is 20.8 Å². The van der Waals surface area contributed by atoms with E-state index in [1.807, 2.05) is 6.92 Å². The summed E-state index contributed by atoms with van der Waals surface area (Å²) in [5.74, 6) is 7.24. The van der Waals surface area contributed by atoms with Crippen molar-refractivity contribution in [2.45, 2.75) is 20.0 Å². The summed E-state index contributed by atoms with van der Waals surface area (Å²) in [6, 6.07) is 1.76. The fourth-order valence-electron chi connectivity index (χ4n) is 1.70. The topological polar surface area (TPSA) is 98.0 Å². The van der Waals surface area contributed by atoms with E-state index in [0.29, 0.717) is 24.1 Å². The van der Waals surface area contributed by atoms with E-state index >= 15 is 0 Å². The van der Waals surface area contributed by atoms with Crippen LogP contribution in [0.1, 0.15) is 16.5 Å². The highest BCUT2D eigenvalue weighted by atomic mass is 32.1. The van der Waals surface area contributed by atoms with Gasteiger partial charge < -0.3 is 15.5 Å². The summed E-state index contributed by atoms with van der Waals surface area (Å²) < 4.78 is 5.03. The van der Waals surface area contributed by atoms with Gasteiger partial charge in [0.2, 0.25) is 0 Å². The highest BCUT2D eigenvalue weighted by molar-refractivity contribution is 7.09. The molecule has 8 heteroatoms. The van der Waals surface area contributed by atoms with E-state index in [9.17, 15) is 0 Å². The van der Waals surface area contributed by atoms with E-state index < -0.39 is 0 Å². The number of ether oxygens (including phenoxy) is 1. The molecular formula is C12H18N6OS. The molecule has 0 amide bonds. The first-order valence-electron chi connectivity index (χ1n) is 6.19. The second-order valence-electron chi connectivity index (χ2n) is 4.17. The third-order valence-corrected chi connectivity index (χ3v) is 3.37. The Kier molecular flexibility index (Phi) is 5.22. The van der Waals surface area contributed by atoms with Crippen LogP contribution in [0.3, 0.4) is 0 Å². The van der Waals surface area contributed by atoms with Crippen LogP contribution in [0.4, 0.5) is 11.6 Å². The van der Waals surface area contributed by atoms with Crippen molar-refractivity contribution in [2.75, 3.05) is 24.4 Å². The molecule has 0 aliphatic carbocycles. The first-order chi connectivity index (χ1) is 9.71. The van der Waals surface area contributed by atoms with Gasteiger partial charge in [-0.05, 0) is 6.92 Å². The van der Waals surface area contributed by atoms with Gasteiger partial charge in [0.25, 0.3) is 0 Å². The molecule has 0 fully saturated rings. The number of rotatable bonds is 7. The second kappa shape index (κ2) is 7.13. The third kappa shape index (κ3) is 4.12. The summed E-state index contributed by atoms with van der Waals surface area (Å²) >= 11 is 1.66. The molecule has 2 aromatic rings. The zero-order valence-corrected chi connectivity index (χ0v) is 12.3. The number of hydrogen-bond donors (Lipinski definition) is 3. The molecule has 0 saturated heterocycles. The Bertz CT molecular complexity index is 559. The highest BCUT2D eigenvalue weighted by Gasteiger charge is 2.04. The molecule has 4 N–H and O–H groups in total. The van der Waals surface area contributed by atoms with Crippen LogP contribution in [-0.2, 0) is 17.8 Å². The Hall–Kier alpha value is -1.77. The maximum Gasteiger partial charge on any atom is 0.158 e. The summed E-state index contributed by atoms with van der Waals surface area (Å²) in [6.07, 6.45) is 0.847. The number of aryl methyl sites for hydroxylation is 1. The van der Waals surface area contributed by atoms with Crippen molar-refractivity contribution in [3.63, 3.8) is 0 Å². The second-order valence-corrected chi connectivity index (χ2v) is 5.23. The van der Waals surface area contributed by atoms with Gasteiger partial charge in [0.1, 0.15) is 18.2 Å². The van der Waals surface area contributed by atoms with E-state index in [1.165, 1.54) is 0 Å². The minimum Gasteiger partial charge on any atom is -0.377 e. The van der Waals surface area contributed by atoms with Crippen LogP contribution < -0.4 is 16.6 Å². The van der Waals surface area contributed by atoms with Gasteiger partial charge in [0.15, 0.2) is 5.82 Å². The van der Waals surface area contributed by atoms with E-state index in [4.69, 9.17) is 10.6 Å². The number of anilines is 2. The van der Waals surface area contributed by atoms with Crippen molar-refractivity contribution in [3.05, 3.63) is 28.0 Å². The maximum absolute atomic E-state index is 5.39. The molecule has 0 aromatic carbocycles. The lowest BCUT2D eigenvalue weighted by molar-refractivity contribution is 0.178. The Balaban J connectivity index is 1.95. The summed E-state index contributed by atoms with van der Waals surface area (Å²) in [4.78, 5) is 13.0. The van der Waals surface area contributed by atoms with Crippen LogP contribution in [0.5, 0.6) is 0 Å².